The van der Waals surface area contributed by atoms with E-state index in [2.05, 4.69) is 5.32 Å². The van der Waals surface area contributed by atoms with E-state index in [1.54, 1.807) is 28.8 Å². The number of ether oxygens (including phenoxy) is 1. The number of rotatable bonds is 7. The van der Waals surface area contributed by atoms with Gasteiger partial charge in [-0.05, 0) is 76.1 Å². The molecule has 4 aromatic rings. The number of aromatic nitrogens is 2. The number of likely N-dealkylation sites (tertiary alicyclic amines) is 1. The van der Waals surface area contributed by atoms with Crippen LogP contribution >= 0.6 is 34.5 Å². The summed E-state index contributed by atoms with van der Waals surface area (Å²) in [5.41, 5.74) is 3.96. The van der Waals surface area contributed by atoms with E-state index in [9.17, 15) is 9.59 Å². The molecule has 43 heavy (non-hydrogen) atoms. The SMILES string of the molecule is CCOc1ccc(Cl)cc1-n1c(C=C(C)C)c(C(=O)N2CC3CCC(C2)N3)cc(-c2nc(-c3ccc(Cl)cc3)cs2)c1=O. The molecule has 2 aromatic heterocycles. The average molecular weight is 636 g/mol. The summed E-state index contributed by atoms with van der Waals surface area (Å²) >= 11 is 14.0. The van der Waals surface area contributed by atoms with Crippen LogP contribution in [-0.4, -0.2) is 52.1 Å². The van der Waals surface area contributed by atoms with Crippen LogP contribution in [0.5, 0.6) is 5.75 Å². The number of carbonyl (C=O) groups excluding carboxylic acids is 1. The Bertz CT molecular complexity index is 1760. The number of nitrogens with zero attached hydrogens (tertiary/aromatic N) is 3. The number of carbonyl (C=O) groups is 1. The van der Waals surface area contributed by atoms with Gasteiger partial charge in [0.2, 0.25) is 0 Å². The van der Waals surface area contributed by atoms with Crippen molar-refractivity contribution in [3.05, 3.63) is 91.1 Å². The Balaban J connectivity index is 1.60. The molecule has 2 unspecified atom stereocenters. The number of pyridine rings is 1. The zero-order valence-electron chi connectivity index (χ0n) is 24.2. The highest BCUT2D eigenvalue weighted by Gasteiger charge is 2.36. The maximum atomic E-state index is 14.5. The van der Waals surface area contributed by atoms with Gasteiger partial charge in [0.15, 0.2) is 0 Å². The quantitative estimate of drug-likeness (QED) is 0.230. The van der Waals surface area contributed by atoms with Gasteiger partial charge in [0.25, 0.3) is 11.5 Å². The average Bonchev–Trinajstić information content (AvgIpc) is 3.60. The van der Waals surface area contributed by atoms with E-state index >= 15 is 0 Å². The number of hydrogen-bond donors (Lipinski definition) is 1. The monoisotopic (exact) mass is 634 g/mol. The van der Waals surface area contributed by atoms with Crippen LogP contribution in [-0.2, 0) is 0 Å². The second-order valence-corrected chi connectivity index (χ2v) is 12.9. The first-order chi connectivity index (χ1) is 20.7. The van der Waals surface area contributed by atoms with Crippen molar-refractivity contribution >= 4 is 46.5 Å². The summed E-state index contributed by atoms with van der Waals surface area (Å²) in [5, 5.41) is 7.10. The zero-order chi connectivity index (χ0) is 30.2. The molecule has 2 saturated heterocycles. The third-order valence-electron chi connectivity index (χ3n) is 7.73. The van der Waals surface area contributed by atoms with E-state index in [1.165, 1.54) is 11.3 Å². The molecule has 2 aromatic carbocycles. The standard InChI is InChI=1S/C33H32Cl2N4O3S/c1-4-42-30-12-9-22(35)14-29(30)39-28(13-19(2)3)25(32(40)38-16-23-10-11-24(17-38)36-23)15-26(33(39)41)31-37-27(18-43-31)20-5-7-21(34)8-6-20/h5-9,12-15,18,23-24,36H,4,10-11,16-17H2,1-3H3. The van der Waals surface area contributed by atoms with E-state index in [0.29, 0.717) is 63.0 Å². The van der Waals surface area contributed by atoms with E-state index in [0.717, 1.165) is 29.7 Å². The maximum absolute atomic E-state index is 14.5. The Morgan fingerprint density at radius 1 is 1.07 bits per heavy atom. The summed E-state index contributed by atoms with van der Waals surface area (Å²) in [4.78, 5) is 35.7. The van der Waals surface area contributed by atoms with Crippen molar-refractivity contribution in [1.82, 2.24) is 19.8 Å². The van der Waals surface area contributed by atoms with Gasteiger partial charge in [-0.15, -0.1) is 11.3 Å². The lowest BCUT2D eigenvalue weighted by molar-refractivity contribution is 0.0696. The largest absolute Gasteiger partial charge is 0.492 e. The van der Waals surface area contributed by atoms with Gasteiger partial charge in [-0.2, -0.15) is 0 Å². The van der Waals surface area contributed by atoms with Crippen LogP contribution in [0.2, 0.25) is 10.0 Å². The topological polar surface area (TPSA) is 76.5 Å². The van der Waals surface area contributed by atoms with Crippen LogP contribution in [0.15, 0.2) is 64.3 Å². The molecule has 2 fully saturated rings. The smallest absolute Gasteiger partial charge is 0.266 e. The van der Waals surface area contributed by atoms with Crippen LogP contribution in [0.1, 0.15) is 49.7 Å². The molecule has 0 spiro atoms. The van der Waals surface area contributed by atoms with Gasteiger partial charge in [-0.3, -0.25) is 14.2 Å². The number of allylic oxidation sites excluding steroid dienone is 1. The molecular formula is C33H32Cl2N4O3S. The number of hydrogen-bond acceptors (Lipinski definition) is 6. The molecule has 2 bridgehead atoms. The van der Waals surface area contributed by atoms with Crippen molar-refractivity contribution < 1.29 is 9.53 Å². The Morgan fingerprint density at radius 2 is 1.77 bits per heavy atom. The zero-order valence-corrected chi connectivity index (χ0v) is 26.5. The molecule has 1 amide bonds. The van der Waals surface area contributed by atoms with E-state index in [-0.39, 0.29) is 23.6 Å². The molecule has 0 radical (unpaired) electrons. The van der Waals surface area contributed by atoms with Crippen molar-refractivity contribution in [2.45, 2.75) is 45.7 Å². The molecule has 1 N–H and O–H groups in total. The molecule has 7 nitrogen and oxygen atoms in total. The minimum absolute atomic E-state index is 0.115. The molecule has 6 rings (SSSR count). The van der Waals surface area contributed by atoms with Crippen molar-refractivity contribution in [3.8, 4) is 33.3 Å². The fourth-order valence-corrected chi connectivity index (χ4v) is 6.96. The van der Waals surface area contributed by atoms with E-state index in [1.807, 2.05) is 61.4 Å². The predicted octanol–water partition coefficient (Wildman–Crippen LogP) is 7.33. The normalized spacial score (nSPS) is 17.7. The molecule has 2 atom stereocenters. The second kappa shape index (κ2) is 12.3. The van der Waals surface area contributed by atoms with Gasteiger partial charge in [0, 0.05) is 46.2 Å². The van der Waals surface area contributed by atoms with Gasteiger partial charge in [-0.1, -0.05) is 40.9 Å². The van der Waals surface area contributed by atoms with Crippen LogP contribution in [0.25, 0.3) is 33.6 Å². The van der Waals surface area contributed by atoms with Gasteiger partial charge in [-0.25, -0.2) is 4.98 Å². The number of halogens is 2. The van der Waals surface area contributed by atoms with Crippen LogP contribution < -0.4 is 15.6 Å². The highest BCUT2D eigenvalue weighted by atomic mass is 35.5. The minimum Gasteiger partial charge on any atom is -0.492 e. The van der Waals surface area contributed by atoms with Crippen molar-refractivity contribution in [3.63, 3.8) is 0 Å². The summed E-state index contributed by atoms with van der Waals surface area (Å²) in [6.07, 6.45) is 3.98. The summed E-state index contributed by atoms with van der Waals surface area (Å²) in [6, 6.07) is 14.9. The first-order valence-corrected chi connectivity index (χ1v) is 16.0. The van der Waals surface area contributed by atoms with Gasteiger partial charge in [0.05, 0.1) is 34.8 Å². The highest BCUT2D eigenvalue weighted by Crippen LogP contribution is 2.34. The molecule has 0 aliphatic carbocycles. The van der Waals surface area contributed by atoms with Crippen LogP contribution in [0.4, 0.5) is 0 Å². The maximum Gasteiger partial charge on any atom is 0.266 e. The lowest BCUT2D eigenvalue weighted by atomic mass is 10.0. The third-order valence-corrected chi connectivity index (χ3v) is 9.10. The first kappa shape index (κ1) is 29.6. The Kier molecular flexibility index (Phi) is 8.47. The van der Waals surface area contributed by atoms with Crippen molar-refractivity contribution in [2.75, 3.05) is 19.7 Å². The number of piperazine rings is 1. The van der Waals surface area contributed by atoms with Gasteiger partial charge in [0.1, 0.15) is 10.8 Å². The number of fused-ring (bicyclic) bond motifs is 2. The van der Waals surface area contributed by atoms with Crippen LogP contribution in [0, 0.1) is 0 Å². The lowest BCUT2D eigenvalue weighted by Crippen LogP contribution is -2.53. The molecule has 4 heterocycles. The first-order valence-electron chi connectivity index (χ1n) is 14.4. The minimum atomic E-state index is -0.315. The molecule has 222 valence electrons. The Labute approximate surface area is 264 Å². The lowest BCUT2D eigenvalue weighted by Gasteiger charge is -2.33. The van der Waals surface area contributed by atoms with Crippen molar-refractivity contribution in [2.24, 2.45) is 0 Å². The number of amides is 1. The highest BCUT2D eigenvalue weighted by molar-refractivity contribution is 7.13. The van der Waals surface area contributed by atoms with Crippen LogP contribution in [0.3, 0.4) is 0 Å². The third kappa shape index (κ3) is 6.02. The van der Waals surface area contributed by atoms with Gasteiger partial charge < -0.3 is 15.0 Å². The fourth-order valence-electron chi connectivity index (χ4n) is 5.84. The molecule has 2 aliphatic rings. The Morgan fingerprint density at radius 3 is 2.44 bits per heavy atom. The summed E-state index contributed by atoms with van der Waals surface area (Å²) < 4.78 is 7.53. The molecular weight excluding hydrogens is 603 g/mol. The molecule has 10 heteroatoms. The van der Waals surface area contributed by atoms with Gasteiger partial charge >= 0.3 is 0 Å². The number of nitrogens with one attached hydrogen (secondary N) is 1. The summed E-state index contributed by atoms with van der Waals surface area (Å²) in [5.74, 6) is 0.379. The summed E-state index contributed by atoms with van der Waals surface area (Å²) in [6.45, 7) is 7.42. The van der Waals surface area contributed by atoms with E-state index < -0.39 is 0 Å². The number of benzene rings is 2. The fraction of sp³-hybridized carbons (Fsp3) is 0.303. The second-order valence-electron chi connectivity index (χ2n) is 11.2. The van der Waals surface area contributed by atoms with Crippen molar-refractivity contribution in [1.29, 1.82) is 0 Å². The number of thiazole rings is 1. The summed E-state index contributed by atoms with van der Waals surface area (Å²) in [7, 11) is 0. The molecule has 0 saturated carbocycles. The Hall–Kier alpha value is -3.43. The van der Waals surface area contributed by atoms with E-state index in [4.69, 9.17) is 32.9 Å². The molecule has 2 aliphatic heterocycles. The predicted molar refractivity (Wildman–Crippen MR) is 175 cm³/mol.